The Morgan fingerprint density at radius 1 is 1.19 bits per heavy atom. The predicted molar refractivity (Wildman–Crippen MR) is 132 cm³/mol. The van der Waals surface area contributed by atoms with Crippen molar-refractivity contribution in [2.45, 2.75) is 49.6 Å². The van der Waals surface area contributed by atoms with Crippen molar-refractivity contribution in [1.82, 2.24) is 14.9 Å². The fourth-order valence-electron chi connectivity index (χ4n) is 3.63. The zero-order chi connectivity index (χ0) is 21.2. The molecule has 0 bridgehead atoms. The number of nitrogens with zero attached hydrogens (tertiary/aromatic N) is 2. The van der Waals surface area contributed by atoms with Crippen LogP contribution in [0.4, 0.5) is 0 Å². The van der Waals surface area contributed by atoms with Crippen molar-refractivity contribution in [2.24, 2.45) is 4.99 Å². The summed E-state index contributed by atoms with van der Waals surface area (Å²) in [6, 6.07) is 7.07. The van der Waals surface area contributed by atoms with Gasteiger partial charge in [-0.3, -0.25) is 4.99 Å². The summed E-state index contributed by atoms with van der Waals surface area (Å²) in [5.41, 5.74) is 0.998. The van der Waals surface area contributed by atoms with Crippen molar-refractivity contribution in [1.29, 1.82) is 0 Å². The highest BCUT2D eigenvalue weighted by molar-refractivity contribution is 14.0. The van der Waals surface area contributed by atoms with Crippen LogP contribution in [0.5, 0.6) is 0 Å². The second-order valence-corrected chi connectivity index (χ2v) is 9.61. The molecule has 2 aliphatic heterocycles. The van der Waals surface area contributed by atoms with Crippen molar-refractivity contribution in [2.75, 3.05) is 46.5 Å². The predicted octanol–water partition coefficient (Wildman–Crippen LogP) is 2.34. The van der Waals surface area contributed by atoms with Gasteiger partial charge in [-0.25, -0.2) is 8.42 Å². The lowest BCUT2D eigenvalue weighted by Crippen LogP contribution is -2.37. The highest BCUT2D eigenvalue weighted by atomic mass is 127. The SMILES string of the molecule is CN=C(NCCCOCC1CCCO1)NCc1ccc(S(=O)(=O)N2CCCC2)cc1.I. The topological polar surface area (TPSA) is 92.3 Å². The maximum atomic E-state index is 12.6. The lowest BCUT2D eigenvalue weighted by molar-refractivity contribution is 0.0168. The number of aliphatic imine (C=N–C) groups is 1. The second kappa shape index (κ2) is 13.6. The van der Waals surface area contributed by atoms with E-state index in [0.29, 0.717) is 43.7 Å². The van der Waals surface area contributed by atoms with E-state index < -0.39 is 10.0 Å². The third-order valence-corrected chi connectivity index (χ3v) is 7.31. The zero-order valence-corrected chi connectivity index (χ0v) is 21.4. The number of halogens is 1. The average Bonchev–Trinajstić information content (AvgIpc) is 3.47. The highest BCUT2D eigenvalue weighted by Crippen LogP contribution is 2.21. The largest absolute Gasteiger partial charge is 0.379 e. The van der Waals surface area contributed by atoms with Crippen LogP contribution in [-0.2, 0) is 26.0 Å². The van der Waals surface area contributed by atoms with Gasteiger partial charge in [0.15, 0.2) is 5.96 Å². The molecule has 0 aromatic heterocycles. The summed E-state index contributed by atoms with van der Waals surface area (Å²) >= 11 is 0. The fourth-order valence-corrected chi connectivity index (χ4v) is 5.15. The minimum absolute atomic E-state index is 0. The van der Waals surface area contributed by atoms with E-state index in [-0.39, 0.29) is 30.1 Å². The van der Waals surface area contributed by atoms with E-state index in [1.807, 2.05) is 12.1 Å². The van der Waals surface area contributed by atoms with E-state index in [1.54, 1.807) is 23.5 Å². The lowest BCUT2D eigenvalue weighted by Gasteiger charge is -2.16. The first-order valence-electron chi connectivity index (χ1n) is 10.8. The van der Waals surface area contributed by atoms with E-state index >= 15 is 0 Å². The molecule has 3 rings (SSSR count). The Morgan fingerprint density at radius 2 is 1.94 bits per heavy atom. The van der Waals surface area contributed by atoms with Crippen molar-refractivity contribution < 1.29 is 17.9 Å². The molecule has 1 aromatic carbocycles. The second-order valence-electron chi connectivity index (χ2n) is 7.67. The number of benzene rings is 1. The fraction of sp³-hybridized carbons (Fsp3) is 0.667. The number of nitrogens with one attached hydrogen (secondary N) is 2. The third kappa shape index (κ3) is 8.16. The molecule has 2 aliphatic rings. The van der Waals surface area contributed by atoms with Crippen LogP contribution >= 0.6 is 24.0 Å². The van der Waals surface area contributed by atoms with Crippen molar-refractivity contribution in [3.63, 3.8) is 0 Å². The van der Waals surface area contributed by atoms with Crippen molar-refractivity contribution in [3.8, 4) is 0 Å². The Balaban J connectivity index is 0.00000341. The summed E-state index contributed by atoms with van der Waals surface area (Å²) in [7, 11) is -1.63. The molecule has 1 aromatic rings. The van der Waals surface area contributed by atoms with E-state index in [9.17, 15) is 8.42 Å². The molecule has 176 valence electrons. The first-order valence-corrected chi connectivity index (χ1v) is 12.3. The average molecular weight is 567 g/mol. The smallest absolute Gasteiger partial charge is 0.243 e. The van der Waals surface area contributed by atoms with Crippen LogP contribution in [0, 0.1) is 0 Å². The first kappa shape index (κ1) is 26.3. The van der Waals surface area contributed by atoms with Gasteiger partial charge in [0, 0.05) is 46.4 Å². The van der Waals surface area contributed by atoms with Gasteiger partial charge in [0.2, 0.25) is 10.0 Å². The molecule has 31 heavy (non-hydrogen) atoms. The Morgan fingerprint density at radius 3 is 2.58 bits per heavy atom. The monoisotopic (exact) mass is 566 g/mol. The van der Waals surface area contributed by atoms with Crippen LogP contribution in [0.3, 0.4) is 0 Å². The molecule has 2 N–H and O–H groups in total. The van der Waals surface area contributed by atoms with Crippen LogP contribution in [0.2, 0.25) is 0 Å². The van der Waals surface area contributed by atoms with Gasteiger partial charge in [-0.1, -0.05) is 12.1 Å². The van der Waals surface area contributed by atoms with Gasteiger partial charge < -0.3 is 20.1 Å². The summed E-state index contributed by atoms with van der Waals surface area (Å²) in [6.07, 6.45) is 5.26. The van der Waals surface area contributed by atoms with Crippen LogP contribution in [0.25, 0.3) is 0 Å². The van der Waals surface area contributed by atoms with Gasteiger partial charge >= 0.3 is 0 Å². The number of hydrogen-bond acceptors (Lipinski definition) is 5. The van der Waals surface area contributed by atoms with Crippen molar-refractivity contribution >= 4 is 40.0 Å². The molecular weight excluding hydrogens is 531 g/mol. The third-order valence-electron chi connectivity index (χ3n) is 5.40. The van der Waals surface area contributed by atoms with Crippen LogP contribution in [0.1, 0.15) is 37.7 Å². The lowest BCUT2D eigenvalue weighted by atomic mass is 10.2. The molecule has 2 heterocycles. The van der Waals surface area contributed by atoms with Crippen LogP contribution in [0.15, 0.2) is 34.2 Å². The molecule has 8 nitrogen and oxygen atoms in total. The Hall–Kier alpha value is -0.950. The molecule has 1 unspecified atom stereocenters. The highest BCUT2D eigenvalue weighted by Gasteiger charge is 2.26. The summed E-state index contributed by atoms with van der Waals surface area (Å²) in [6.45, 7) is 4.79. The minimum atomic E-state index is -3.36. The standard InChI is InChI=1S/C21H34N4O4S.HI/c1-22-21(23-11-5-14-28-17-19-6-4-15-29-19)24-16-18-7-9-20(10-8-18)30(26,27)25-12-2-3-13-25;/h7-10,19H,2-6,11-17H2,1H3,(H2,22,23,24);1H. The van der Waals surface area contributed by atoms with E-state index in [4.69, 9.17) is 9.47 Å². The van der Waals surface area contributed by atoms with Crippen molar-refractivity contribution in [3.05, 3.63) is 29.8 Å². The van der Waals surface area contributed by atoms with E-state index in [1.165, 1.54) is 0 Å². The quantitative estimate of drug-likeness (QED) is 0.196. The number of sulfonamides is 1. The first-order chi connectivity index (χ1) is 14.6. The van der Waals surface area contributed by atoms with Gasteiger partial charge in [0.1, 0.15) is 0 Å². The molecule has 0 radical (unpaired) electrons. The molecule has 2 fully saturated rings. The van der Waals surface area contributed by atoms with Crippen LogP contribution in [-0.4, -0.2) is 71.3 Å². The molecule has 0 aliphatic carbocycles. The van der Waals surface area contributed by atoms with Gasteiger partial charge in [0.25, 0.3) is 0 Å². The minimum Gasteiger partial charge on any atom is -0.379 e. The molecule has 0 amide bonds. The number of rotatable bonds is 10. The maximum Gasteiger partial charge on any atom is 0.243 e. The van der Waals surface area contributed by atoms with Gasteiger partial charge in [-0.05, 0) is 49.8 Å². The van der Waals surface area contributed by atoms with Crippen LogP contribution < -0.4 is 10.6 Å². The van der Waals surface area contributed by atoms with Gasteiger partial charge in [-0.2, -0.15) is 4.31 Å². The zero-order valence-electron chi connectivity index (χ0n) is 18.2. The summed E-state index contributed by atoms with van der Waals surface area (Å²) in [4.78, 5) is 4.58. The van der Waals surface area contributed by atoms with E-state index in [0.717, 1.165) is 50.8 Å². The summed E-state index contributed by atoms with van der Waals surface area (Å²) in [5, 5.41) is 6.52. The Labute approximate surface area is 203 Å². The molecule has 1 atom stereocenters. The number of hydrogen-bond donors (Lipinski definition) is 2. The van der Waals surface area contributed by atoms with Gasteiger partial charge in [0.05, 0.1) is 17.6 Å². The Bertz CT molecular complexity index is 777. The maximum absolute atomic E-state index is 12.6. The van der Waals surface area contributed by atoms with Gasteiger partial charge in [-0.15, -0.1) is 24.0 Å². The molecule has 0 saturated carbocycles. The number of ether oxygens (including phenoxy) is 2. The molecular formula is C21H35IN4O4S. The normalized spacial score (nSPS) is 19.9. The molecule has 2 saturated heterocycles. The molecule has 0 spiro atoms. The molecule has 10 heteroatoms. The summed E-state index contributed by atoms with van der Waals surface area (Å²) in [5.74, 6) is 0.711. The van der Waals surface area contributed by atoms with E-state index in [2.05, 4.69) is 15.6 Å². The Kier molecular flexibility index (Phi) is 11.5. The summed E-state index contributed by atoms with van der Waals surface area (Å²) < 4.78 is 37.9. The number of guanidine groups is 1.